The molecule has 0 fully saturated rings. The van der Waals surface area contributed by atoms with Gasteiger partial charge >= 0.3 is 0 Å². The molecular weight excluding hydrogens is 204 g/mol. The molecule has 0 unspecified atom stereocenters. The predicted molar refractivity (Wildman–Crippen MR) is 44.2 cm³/mol. The number of hydrogen-bond acceptors (Lipinski definition) is 3. The van der Waals surface area contributed by atoms with Gasteiger partial charge in [-0.2, -0.15) is 0 Å². The van der Waals surface area contributed by atoms with Gasteiger partial charge in [0.05, 0.1) is 6.10 Å². The zero-order chi connectivity index (χ0) is 7.28. The minimum atomic E-state index is -0.404. The van der Waals surface area contributed by atoms with E-state index in [0.717, 1.165) is 11.8 Å². The van der Waals surface area contributed by atoms with E-state index in [4.69, 9.17) is 16.2 Å². The van der Waals surface area contributed by atoms with Crippen LogP contribution in [-0.2, 0) is 0 Å². The minimum absolute atomic E-state index is 0.0509. The molecule has 0 aromatic rings. The van der Waals surface area contributed by atoms with Crippen LogP contribution in [0.4, 0.5) is 0 Å². The van der Waals surface area contributed by atoms with Crippen molar-refractivity contribution in [1.82, 2.24) is 0 Å². The molecule has 0 aliphatic rings. The monoisotopic (exact) mass is 212 g/mol. The Kier molecular flexibility index (Phi) is 5.22. The maximum atomic E-state index is 8.89. The number of rotatable bonds is 3. The Balaban J connectivity index is 3.16. The van der Waals surface area contributed by atoms with Crippen LogP contribution in [0.5, 0.6) is 0 Å². The number of amidine groups is 1. The van der Waals surface area contributed by atoms with Crippen molar-refractivity contribution in [2.24, 2.45) is 5.73 Å². The summed E-state index contributed by atoms with van der Waals surface area (Å²) in [7, 11) is 0. The summed E-state index contributed by atoms with van der Waals surface area (Å²) in [6.07, 6.45) is -0.404. The first-order valence-corrected chi connectivity index (χ1v) is 4.48. The number of hydrogen-bond donors (Lipinski definition) is 3. The Hall–Kier alpha value is 0.260. The highest BCUT2D eigenvalue weighted by Crippen LogP contribution is 2.02. The summed E-state index contributed by atoms with van der Waals surface area (Å²) >= 11 is 4.24. The maximum absolute atomic E-state index is 8.89. The topological polar surface area (TPSA) is 70.1 Å². The highest BCUT2D eigenvalue weighted by Gasteiger charge is 2.01. The maximum Gasteiger partial charge on any atom is 0.151 e. The molecule has 0 saturated heterocycles. The van der Waals surface area contributed by atoms with Crippen molar-refractivity contribution in [2.45, 2.75) is 6.10 Å². The Bertz CT molecular complexity index is 101. The van der Waals surface area contributed by atoms with E-state index >= 15 is 0 Å². The summed E-state index contributed by atoms with van der Waals surface area (Å²) in [5.41, 5.74) is 5.02. The third-order valence-corrected chi connectivity index (χ3v) is 2.22. The third kappa shape index (κ3) is 6.14. The molecule has 0 amide bonds. The van der Waals surface area contributed by atoms with Gasteiger partial charge in [0, 0.05) is 11.1 Å². The molecule has 0 radical (unpaired) electrons. The summed E-state index contributed by atoms with van der Waals surface area (Å²) < 4.78 is 0. The zero-order valence-electron chi connectivity index (χ0n) is 4.80. The number of nitrogens with one attached hydrogen (secondary N) is 1. The number of aliphatic hydroxyl groups excluding tert-OH is 1. The van der Waals surface area contributed by atoms with E-state index in [0.29, 0.717) is 11.1 Å². The average molecular weight is 213 g/mol. The van der Waals surface area contributed by atoms with Crippen molar-refractivity contribution in [3.05, 3.63) is 0 Å². The Morgan fingerprint density at radius 3 is 2.78 bits per heavy atom. The highest BCUT2D eigenvalue weighted by atomic mass is 79.9. The summed E-state index contributed by atoms with van der Waals surface area (Å²) in [6.45, 7) is 0. The van der Waals surface area contributed by atoms with E-state index in [9.17, 15) is 0 Å². The van der Waals surface area contributed by atoms with Gasteiger partial charge in [0.25, 0.3) is 0 Å². The molecule has 0 aromatic carbocycles. The second-order valence-electron chi connectivity index (χ2n) is 1.48. The summed E-state index contributed by atoms with van der Waals surface area (Å²) in [5, 5.41) is 16.2. The molecule has 0 bridgehead atoms. The second-order valence-corrected chi connectivity index (χ2v) is 3.19. The molecule has 0 saturated carbocycles. The van der Waals surface area contributed by atoms with Crippen molar-refractivity contribution in [3.8, 4) is 0 Å². The molecule has 1 atom stereocenters. The molecule has 5 heteroatoms. The van der Waals surface area contributed by atoms with E-state index in [1.165, 1.54) is 0 Å². The van der Waals surface area contributed by atoms with Crippen LogP contribution >= 0.6 is 27.7 Å². The molecule has 3 nitrogen and oxygen atoms in total. The number of alkyl halides is 1. The van der Waals surface area contributed by atoms with Gasteiger partial charge in [-0.1, -0.05) is 27.7 Å². The first-order valence-electron chi connectivity index (χ1n) is 2.37. The van der Waals surface area contributed by atoms with Crippen LogP contribution in [0.3, 0.4) is 0 Å². The molecule has 4 N–H and O–H groups in total. The van der Waals surface area contributed by atoms with Crippen LogP contribution in [0.2, 0.25) is 0 Å². The highest BCUT2D eigenvalue weighted by molar-refractivity contribution is 9.09. The normalized spacial score (nSPS) is 13.1. The number of aliphatic hydroxyl groups is 1. The quantitative estimate of drug-likeness (QED) is 0.360. The fourth-order valence-corrected chi connectivity index (χ4v) is 1.25. The molecule has 0 aliphatic carbocycles. The number of thioether (sulfide) groups is 1. The summed E-state index contributed by atoms with van der Waals surface area (Å²) in [6, 6.07) is 0. The zero-order valence-corrected chi connectivity index (χ0v) is 7.20. The predicted octanol–water partition coefficient (Wildman–Crippen LogP) is 0.369. The van der Waals surface area contributed by atoms with Crippen molar-refractivity contribution in [2.75, 3.05) is 11.1 Å². The lowest BCUT2D eigenvalue weighted by Gasteiger charge is -2.03. The van der Waals surface area contributed by atoms with Crippen LogP contribution in [-0.4, -0.2) is 27.5 Å². The molecular formula is C4H9BrN2OS. The largest absolute Gasteiger partial charge is 0.391 e. The van der Waals surface area contributed by atoms with Gasteiger partial charge in [-0.15, -0.1) is 0 Å². The van der Waals surface area contributed by atoms with Crippen LogP contribution in [0, 0.1) is 5.41 Å². The number of nitrogens with two attached hydrogens (primary N) is 1. The Morgan fingerprint density at radius 1 is 1.89 bits per heavy atom. The minimum Gasteiger partial charge on any atom is -0.391 e. The molecule has 54 valence electrons. The lowest BCUT2D eigenvalue weighted by Crippen LogP contribution is -2.15. The smallest absolute Gasteiger partial charge is 0.151 e. The molecule has 0 rings (SSSR count). The second kappa shape index (κ2) is 5.08. The van der Waals surface area contributed by atoms with Gasteiger partial charge in [0.15, 0.2) is 5.17 Å². The first-order chi connectivity index (χ1) is 4.16. The van der Waals surface area contributed by atoms with Gasteiger partial charge in [-0.3, -0.25) is 5.41 Å². The van der Waals surface area contributed by atoms with Crippen LogP contribution in [0.15, 0.2) is 0 Å². The van der Waals surface area contributed by atoms with Crippen molar-refractivity contribution >= 4 is 32.9 Å². The van der Waals surface area contributed by atoms with E-state index in [-0.39, 0.29) is 5.17 Å². The molecule has 0 aromatic heterocycles. The van der Waals surface area contributed by atoms with Gasteiger partial charge in [0.2, 0.25) is 0 Å². The van der Waals surface area contributed by atoms with E-state index in [2.05, 4.69) is 15.9 Å². The van der Waals surface area contributed by atoms with Gasteiger partial charge in [-0.05, 0) is 0 Å². The first kappa shape index (κ1) is 9.26. The van der Waals surface area contributed by atoms with E-state index in [1.807, 2.05) is 0 Å². The fourth-order valence-electron chi connectivity index (χ4n) is 0.231. The van der Waals surface area contributed by atoms with Crippen LogP contribution in [0.25, 0.3) is 0 Å². The SMILES string of the molecule is N=C(N)SC[C@H](O)CBr. The van der Waals surface area contributed by atoms with Crippen molar-refractivity contribution in [3.63, 3.8) is 0 Å². The summed E-state index contributed by atoms with van der Waals surface area (Å²) in [5.74, 6) is 0.487. The van der Waals surface area contributed by atoms with Gasteiger partial charge in [-0.25, -0.2) is 0 Å². The van der Waals surface area contributed by atoms with Crippen molar-refractivity contribution in [1.29, 1.82) is 5.41 Å². The van der Waals surface area contributed by atoms with Crippen LogP contribution in [0.1, 0.15) is 0 Å². The average Bonchev–Trinajstić information content (AvgIpc) is 1.83. The van der Waals surface area contributed by atoms with Crippen LogP contribution < -0.4 is 5.73 Å². The third-order valence-electron chi connectivity index (χ3n) is 0.609. The van der Waals surface area contributed by atoms with Gasteiger partial charge in [0.1, 0.15) is 0 Å². The van der Waals surface area contributed by atoms with Gasteiger partial charge < -0.3 is 10.8 Å². The molecule has 0 aliphatic heterocycles. The fraction of sp³-hybridized carbons (Fsp3) is 0.750. The number of halogens is 1. The molecule has 9 heavy (non-hydrogen) atoms. The summed E-state index contributed by atoms with van der Waals surface area (Å²) in [4.78, 5) is 0. The van der Waals surface area contributed by atoms with E-state index < -0.39 is 6.10 Å². The standard InChI is InChI=1S/C4H9BrN2OS/c5-1-3(8)2-9-4(6)7/h3,8H,1-2H2,(H3,6,7)/t3-/m1/s1. The van der Waals surface area contributed by atoms with E-state index in [1.54, 1.807) is 0 Å². The molecule has 0 spiro atoms. The Labute approximate surface area is 66.6 Å². The Morgan fingerprint density at radius 2 is 2.44 bits per heavy atom. The molecule has 0 heterocycles. The van der Waals surface area contributed by atoms with Crippen molar-refractivity contribution < 1.29 is 5.11 Å². The lowest BCUT2D eigenvalue weighted by atomic mass is 10.5. The lowest BCUT2D eigenvalue weighted by molar-refractivity contribution is 0.226.